The molecule has 3 fully saturated rings. The van der Waals surface area contributed by atoms with E-state index in [9.17, 15) is 23.7 Å². The Hall–Kier alpha value is -2.45. The first-order valence-corrected chi connectivity index (χ1v) is 16.9. The minimum atomic E-state index is -4.17. The van der Waals surface area contributed by atoms with Gasteiger partial charge in [-0.2, -0.15) is 0 Å². The highest BCUT2D eigenvalue weighted by Gasteiger charge is 2.57. The van der Waals surface area contributed by atoms with Gasteiger partial charge in [0.05, 0.1) is 6.61 Å². The van der Waals surface area contributed by atoms with Crippen LogP contribution in [0.3, 0.4) is 0 Å². The molecule has 0 aromatic heterocycles. The minimum Gasteiger partial charge on any atom is -0.463 e. The molecule has 276 valence electrons. The van der Waals surface area contributed by atoms with Crippen LogP contribution in [0.25, 0.3) is 0 Å². The van der Waals surface area contributed by atoms with Crippen LogP contribution in [-0.4, -0.2) is 132 Å². The van der Waals surface area contributed by atoms with Gasteiger partial charge in [-0.15, -0.1) is 0 Å². The zero-order valence-electron chi connectivity index (χ0n) is 28.5. The lowest BCUT2D eigenvalue weighted by Crippen LogP contribution is -2.67. The molecular weight excluding hydrogens is 667 g/mol. The summed E-state index contributed by atoms with van der Waals surface area (Å²) in [7, 11) is -1.96. The van der Waals surface area contributed by atoms with Crippen molar-refractivity contribution in [1.29, 1.82) is 0 Å². The van der Waals surface area contributed by atoms with E-state index in [1.807, 2.05) is 0 Å². The normalized spacial score (nSPS) is 30.8. The van der Waals surface area contributed by atoms with E-state index in [2.05, 4.69) is 10.4 Å². The molecule has 0 saturated carbocycles. The lowest BCUT2D eigenvalue weighted by molar-refractivity contribution is -0.304. The number of carbonyl (C=O) groups excluding carboxylic acids is 4. The number of hydrogen-bond acceptors (Lipinski definition) is 17. The molecule has 48 heavy (non-hydrogen) atoms. The van der Waals surface area contributed by atoms with Crippen molar-refractivity contribution < 1.29 is 80.2 Å². The van der Waals surface area contributed by atoms with Gasteiger partial charge in [-0.05, 0) is 27.7 Å². The molecular formula is C28H47N2O17P. The number of alkyl carbamates (subject to hydrolysis) is 1. The SMILES string of the molecule is CCOC(OCC)[C@@H]1NC(=O)O[C@H]1[C@H](OC1O[C@H](COC(C)=O)[C@@H](OC(C)=O)[C@H](OC(C)=O)[C@H]1NP(=O)(OC)OC)[C@H]1COC(C)(C)O1. The number of nitrogens with one attached hydrogen (secondary N) is 2. The fourth-order valence-corrected chi connectivity index (χ4v) is 6.45. The van der Waals surface area contributed by atoms with Gasteiger partial charge in [-0.3, -0.25) is 14.4 Å². The van der Waals surface area contributed by atoms with Crippen molar-refractivity contribution in [2.24, 2.45) is 0 Å². The van der Waals surface area contributed by atoms with E-state index >= 15 is 0 Å². The van der Waals surface area contributed by atoms with Gasteiger partial charge >= 0.3 is 31.7 Å². The van der Waals surface area contributed by atoms with E-state index < -0.39 is 105 Å². The van der Waals surface area contributed by atoms with Gasteiger partial charge in [0.15, 0.2) is 36.7 Å². The summed E-state index contributed by atoms with van der Waals surface area (Å²) in [6, 6.07) is -2.41. The Balaban J connectivity index is 2.16. The summed E-state index contributed by atoms with van der Waals surface area (Å²) < 4.78 is 82.0. The molecule has 19 nitrogen and oxygen atoms in total. The van der Waals surface area contributed by atoms with Crippen LogP contribution in [0.4, 0.5) is 4.79 Å². The molecule has 0 aromatic carbocycles. The molecule has 1 unspecified atom stereocenters. The number of amides is 1. The van der Waals surface area contributed by atoms with E-state index in [0.29, 0.717) is 0 Å². The van der Waals surface area contributed by atoms with Crippen LogP contribution in [-0.2, 0) is 75.4 Å². The van der Waals surface area contributed by atoms with Crippen LogP contribution in [0.5, 0.6) is 0 Å². The molecule has 1 amide bonds. The number of rotatable bonds is 17. The van der Waals surface area contributed by atoms with Gasteiger partial charge < -0.3 is 61.7 Å². The van der Waals surface area contributed by atoms with Crippen molar-refractivity contribution >= 4 is 31.7 Å². The first-order valence-electron chi connectivity index (χ1n) is 15.4. The van der Waals surface area contributed by atoms with Crippen molar-refractivity contribution in [2.75, 3.05) is 40.6 Å². The third-order valence-corrected chi connectivity index (χ3v) is 8.91. The molecule has 3 aliphatic heterocycles. The number of ether oxygens (including phenoxy) is 10. The maximum absolute atomic E-state index is 13.5. The van der Waals surface area contributed by atoms with Crippen LogP contribution < -0.4 is 10.4 Å². The number of esters is 3. The summed E-state index contributed by atoms with van der Waals surface area (Å²) in [5, 5.41) is 5.35. The Labute approximate surface area is 278 Å². The fraction of sp³-hybridized carbons (Fsp3) is 0.857. The van der Waals surface area contributed by atoms with Crippen LogP contribution in [0.1, 0.15) is 48.5 Å². The van der Waals surface area contributed by atoms with Crippen molar-refractivity contribution in [2.45, 2.75) is 116 Å². The number of carbonyl (C=O) groups is 4. The molecule has 20 heteroatoms. The van der Waals surface area contributed by atoms with E-state index in [4.69, 9.17) is 56.4 Å². The molecule has 3 aliphatic rings. The maximum atomic E-state index is 13.5. The summed E-state index contributed by atoms with van der Waals surface area (Å²) in [4.78, 5) is 49.2. The first-order chi connectivity index (χ1) is 22.6. The summed E-state index contributed by atoms with van der Waals surface area (Å²) >= 11 is 0. The molecule has 0 aliphatic carbocycles. The Morgan fingerprint density at radius 1 is 1.00 bits per heavy atom. The molecule has 3 heterocycles. The molecule has 9 atom stereocenters. The number of cyclic esters (lactones) is 1. The smallest absolute Gasteiger partial charge is 0.408 e. The number of hydrogen-bond donors (Lipinski definition) is 2. The Morgan fingerprint density at radius 2 is 1.60 bits per heavy atom. The summed E-state index contributed by atoms with van der Waals surface area (Å²) in [6.45, 7) is 10.1. The van der Waals surface area contributed by atoms with Crippen LogP contribution in [0, 0.1) is 0 Å². The summed E-state index contributed by atoms with van der Waals surface area (Å²) in [5.41, 5.74) is 0. The quantitative estimate of drug-likeness (QED) is 0.0925. The van der Waals surface area contributed by atoms with E-state index in [-0.39, 0.29) is 19.8 Å². The van der Waals surface area contributed by atoms with Crippen LogP contribution in [0.15, 0.2) is 0 Å². The zero-order valence-corrected chi connectivity index (χ0v) is 29.4. The highest BCUT2D eigenvalue weighted by molar-refractivity contribution is 7.51. The lowest BCUT2D eigenvalue weighted by atomic mass is 9.96. The van der Waals surface area contributed by atoms with Crippen molar-refractivity contribution in [3.05, 3.63) is 0 Å². The standard InChI is InChI=1S/C28H47N2O17P/c1-10-38-25(39-11-2)19-23(46-27(34)29-19)22(18-13-41-28(6,7)47-18)45-26-20(30-48(35,36-8)37-9)24(43-16(5)33)21(42-15(4)32)17(44-26)12-40-14(3)31/h17-26H,10-13H2,1-9H3,(H,29,34)(H,30,35)/t17-,18-,19-,20-,21-,22-,23-,24-,26?/m1/s1. The predicted molar refractivity (Wildman–Crippen MR) is 159 cm³/mol. The third-order valence-electron chi connectivity index (χ3n) is 7.34. The van der Waals surface area contributed by atoms with Gasteiger partial charge in [0.1, 0.15) is 37.0 Å². The topological polar surface area (TPSA) is 220 Å². The van der Waals surface area contributed by atoms with Gasteiger partial charge in [0.2, 0.25) is 0 Å². The van der Waals surface area contributed by atoms with Gasteiger partial charge in [-0.25, -0.2) is 14.4 Å². The van der Waals surface area contributed by atoms with Crippen molar-refractivity contribution in [3.63, 3.8) is 0 Å². The lowest BCUT2D eigenvalue weighted by Gasteiger charge is -2.47. The zero-order chi connectivity index (χ0) is 35.8. The van der Waals surface area contributed by atoms with Gasteiger partial charge in [0.25, 0.3) is 0 Å². The average Bonchev–Trinajstić information content (AvgIpc) is 3.57. The Morgan fingerprint density at radius 3 is 2.10 bits per heavy atom. The molecule has 3 saturated heterocycles. The minimum absolute atomic E-state index is 0.0356. The molecule has 0 bridgehead atoms. The van der Waals surface area contributed by atoms with Crippen LogP contribution in [0.2, 0.25) is 0 Å². The second-order valence-corrected chi connectivity index (χ2v) is 13.3. The molecule has 0 aromatic rings. The van der Waals surface area contributed by atoms with E-state index in [0.717, 1.165) is 35.0 Å². The Bertz CT molecular complexity index is 1160. The largest absolute Gasteiger partial charge is 0.463 e. The molecule has 3 rings (SSSR count). The second-order valence-electron chi connectivity index (χ2n) is 11.3. The van der Waals surface area contributed by atoms with E-state index in [1.165, 1.54) is 0 Å². The predicted octanol–water partition coefficient (Wildman–Crippen LogP) is 0.910. The van der Waals surface area contributed by atoms with Crippen molar-refractivity contribution in [3.8, 4) is 0 Å². The highest BCUT2D eigenvalue weighted by Crippen LogP contribution is 2.45. The molecule has 2 N–H and O–H groups in total. The van der Waals surface area contributed by atoms with Crippen LogP contribution >= 0.6 is 7.75 Å². The summed E-state index contributed by atoms with van der Waals surface area (Å²) in [5.74, 6) is -3.39. The van der Waals surface area contributed by atoms with E-state index in [1.54, 1.807) is 27.7 Å². The fourth-order valence-electron chi connectivity index (χ4n) is 5.46. The third kappa shape index (κ3) is 10.5. The maximum Gasteiger partial charge on any atom is 0.408 e. The Kier molecular flexibility index (Phi) is 14.6. The highest BCUT2D eigenvalue weighted by atomic mass is 31.2. The molecule has 0 spiro atoms. The molecule has 0 radical (unpaired) electrons. The van der Waals surface area contributed by atoms with Gasteiger partial charge in [-0.1, -0.05) is 0 Å². The summed E-state index contributed by atoms with van der Waals surface area (Å²) in [6.07, 6.45) is -10.9. The van der Waals surface area contributed by atoms with Gasteiger partial charge in [0, 0.05) is 48.2 Å². The average molecular weight is 715 g/mol. The second kappa shape index (κ2) is 17.5. The van der Waals surface area contributed by atoms with Crippen molar-refractivity contribution in [1.82, 2.24) is 10.4 Å². The first kappa shape index (κ1) is 40.0. The monoisotopic (exact) mass is 714 g/mol.